The van der Waals surface area contributed by atoms with E-state index in [1.165, 1.54) is 0 Å². The number of methoxy groups -OCH3 is 1. The Morgan fingerprint density at radius 1 is 1.30 bits per heavy atom. The maximum absolute atomic E-state index is 12.8. The number of nitrogens with two attached hydrogens (primary N) is 1. The van der Waals surface area contributed by atoms with Gasteiger partial charge in [0.25, 0.3) is 5.91 Å². The molecule has 2 rings (SSSR count). The molecular formula is C16H24N2O2. The van der Waals surface area contributed by atoms with Crippen LogP contribution in [0.25, 0.3) is 0 Å². The van der Waals surface area contributed by atoms with Gasteiger partial charge in [0.1, 0.15) is 5.75 Å². The molecule has 0 aliphatic heterocycles. The minimum absolute atomic E-state index is 0.0606. The maximum atomic E-state index is 12.8. The van der Waals surface area contributed by atoms with Gasteiger partial charge in [0.15, 0.2) is 0 Å². The first-order chi connectivity index (χ1) is 9.67. The van der Waals surface area contributed by atoms with E-state index in [1.54, 1.807) is 7.11 Å². The largest absolute Gasteiger partial charge is 0.496 e. The number of amides is 1. The molecule has 1 saturated carbocycles. The van der Waals surface area contributed by atoms with Gasteiger partial charge in [0, 0.05) is 18.6 Å². The van der Waals surface area contributed by atoms with Crippen molar-refractivity contribution in [3.05, 3.63) is 29.8 Å². The van der Waals surface area contributed by atoms with Crippen molar-refractivity contribution in [3.63, 3.8) is 0 Å². The van der Waals surface area contributed by atoms with Crippen LogP contribution in [-0.2, 0) is 0 Å². The lowest BCUT2D eigenvalue weighted by atomic mass is 9.90. The standard InChI is InChI=1S/C16H24N2O2/c1-3-18(13-10-8-12(17)9-11-13)16(19)14-6-4-5-7-15(14)20-2/h4-7,12-13H,3,8-11,17H2,1-2H3. The van der Waals surface area contributed by atoms with E-state index in [-0.39, 0.29) is 5.91 Å². The Morgan fingerprint density at radius 3 is 2.55 bits per heavy atom. The Bertz CT molecular complexity index is 454. The fraction of sp³-hybridized carbons (Fsp3) is 0.562. The van der Waals surface area contributed by atoms with E-state index in [0.717, 1.165) is 32.2 Å². The number of benzene rings is 1. The monoisotopic (exact) mass is 276 g/mol. The Hall–Kier alpha value is -1.55. The first-order valence-corrected chi connectivity index (χ1v) is 7.37. The highest BCUT2D eigenvalue weighted by molar-refractivity contribution is 5.97. The molecule has 1 fully saturated rings. The topological polar surface area (TPSA) is 55.6 Å². The highest BCUT2D eigenvalue weighted by atomic mass is 16.5. The molecule has 0 bridgehead atoms. The average Bonchev–Trinajstić information content (AvgIpc) is 2.49. The van der Waals surface area contributed by atoms with Crippen LogP contribution < -0.4 is 10.5 Å². The summed E-state index contributed by atoms with van der Waals surface area (Å²) in [4.78, 5) is 14.7. The fourth-order valence-corrected chi connectivity index (χ4v) is 2.96. The first kappa shape index (κ1) is 14.9. The smallest absolute Gasteiger partial charge is 0.257 e. The Balaban J connectivity index is 2.16. The van der Waals surface area contributed by atoms with Crippen molar-refractivity contribution in [1.82, 2.24) is 4.90 Å². The average molecular weight is 276 g/mol. The zero-order valence-electron chi connectivity index (χ0n) is 12.3. The molecule has 110 valence electrons. The molecule has 1 amide bonds. The van der Waals surface area contributed by atoms with Gasteiger partial charge < -0.3 is 15.4 Å². The van der Waals surface area contributed by atoms with Crippen LogP contribution in [0.3, 0.4) is 0 Å². The van der Waals surface area contributed by atoms with Gasteiger partial charge in [-0.05, 0) is 44.7 Å². The van der Waals surface area contributed by atoms with Crippen molar-refractivity contribution < 1.29 is 9.53 Å². The van der Waals surface area contributed by atoms with Crippen molar-refractivity contribution in [2.45, 2.75) is 44.7 Å². The molecule has 0 aromatic heterocycles. The zero-order valence-corrected chi connectivity index (χ0v) is 12.3. The van der Waals surface area contributed by atoms with Crippen molar-refractivity contribution in [2.24, 2.45) is 5.73 Å². The van der Waals surface area contributed by atoms with E-state index in [0.29, 0.717) is 23.4 Å². The molecule has 0 spiro atoms. The van der Waals surface area contributed by atoms with Crippen LogP contribution in [0, 0.1) is 0 Å². The highest BCUT2D eigenvalue weighted by Crippen LogP contribution is 2.26. The SMILES string of the molecule is CCN(C(=O)c1ccccc1OC)C1CCC(N)CC1. The van der Waals surface area contributed by atoms with Gasteiger partial charge in [-0.15, -0.1) is 0 Å². The molecule has 1 aliphatic rings. The minimum Gasteiger partial charge on any atom is -0.496 e. The highest BCUT2D eigenvalue weighted by Gasteiger charge is 2.28. The summed E-state index contributed by atoms with van der Waals surface area (Å²) in [6, 6.07) is 8.02. The van der Waals surface area contributed by atoms with Crippen LogP contribution in [0.5, 0.6) is 5.75 Å². The molecule has 1 aliphatic carbocycles. The second-order valence-corrected chi connectivity index (χ2v) is 5.36. The molecule has 0 radical (unpaired) electrons. The van der Waals surface area contributed by atoms with Crippen LogP contribution >= 0.6 is 0 Å². The minimum atomic E-state index is 0.0606. The third-order valence-electron chi connectivity index (χ3n) is 4.12. The molecule has 0 saturated heterocycles. The third-order valence-corrected chi connectivity index (χ3v) is 4.12. The summed E-state index contributed by atoms with van der Waals surface area (Å²) in [6.45, 7) is 2.75. The second kappa shape index (κ2) is 6.75. The molecule has 4 heteroatoms. The van der Waals surface area contributed by atoms with Crippen molar-refractivity contribution in [1.29, 1.82) is 0 Å². The fourth-order valence-electron chi connectivity index (χ4n) is 2.96. The van der Waals surface area contributed by atoms with Crippen molar-refractivity contribution >= 4 is 5.91 Å². The number of carbonyl (C=O) groups is 1. The number of hydrogen-bond donors (Lipinski definition) is 1. The number of hydrogen-bond acceptors (Lipinski definition) is 3. The molecule has 0 atom stereocenters. The normalized spacial score (nSPS) is 22.4. The summed E-state index contributed by atoms with van der Waals surface area (Å²) in [6.07, 6.45) is 3.99. The molecule has 4 nitrogen and oxygen atoms in total. The van der Waals surface area contributed by atoms with Gasteiger partial charge in [0.2, 0.25) is 0 Å². The molecule has 1 aromatic rings. The second-order valence-electron chi connectivity index (χ2n) is 5.36. The molecule has 0 unspecified atom stereocenters. The quantitative estimate of drug-likeness (QED) is 0.919. The van der Waals surface area contributed by atoms with Crippen LogP contribution in [0.15, 0.2) is 24.3 Å². The molecule has 1 aromatic carbocycles. The number of carbonyl (C=O) groups excluding carboxylic acids is 1. The summed E-state index contributed by atoms with van der Waals surface area (Å²) in [5.41, 5.74) is 6.59. The van der Waals surface area contributed by atoms with Crippen LogP contribution in [0.1, 0.15) is 43.0 Å². The Morgan fingerprint density at radius 2 is 1.95 bits per heavy atom. The van der Waals surface area contributed by atoms with E-state index in [9.17, 15) is 4.79 Å². The van der Waals surface area contributed by atoms with Gasteiger partial charge >= 0.3 is 0 Å². The number of rotatable bonds is 4. The lowest BCUT2D eigenvalue weighted by molar-refractivity contribution is 0.0637. The van der Waals surface area contributed by atoms with E-state index < -0.39 is 0 Å². The Kier molecular flexibility index (Phi) is 5.01. The van der Waals surface area contributed by atoms with E-state index in [4.69, 9.17) is 10.5 Å². The molecule has 20 heavy (non-hydrogen) atoms. The predicted octanol–water partition coefficient (Wildman–Crippen LogP) is 2.43. The molecule has 0 heterocycles. The van der Waals surface area contributed by atoms with Gasteiger partial charge in [0.05, 0.1) is 12.7 Å². The maximum Gasteiger partial charge on any atom is 0.257 e. The van der Waals surface area contributed by atoms with Gasteiger partial charge in [-0.25, -0.2) is 0 Å². The molecular weight excluding hydrogens is 252 g/mol. The van der Waals surface area contributed by atoms with Crippen LogP contribution in [0.2, 0.25) is 0 Å². The van der Waals surface area contributed by atoms with Crippen LogP contribution in [0.4, 0.5) is 0 Å². The van der Waals surface area contributed by atoms with Gasteiger partial charge in [-0.3, -0.25) is 4.79 Å². The van der Waals surface area contributed by atoms with E-state index in [1.807, 2.05) is 36.1 Å². The molecule has 2 N–H and O–H groups in total. The summed E-state index contributed by atoms with van der Waals surface area (Å²) in [5.74, 6) is 0.703. The number of nitrogens with zero attached hydrogens (tertiary/aromatic N) is 1. The predicted molar refractivity (Wildman–Crippen MR) is 79.9 cm³/mol. The first-order valence-electron chi connectivity index (χ1n) is 7.37. The van der Waals surface area contributed by atoms with Gasteiger partial charge in [-0.1, -0.05) is 12.1 Å². The number of ether oxygens (including phenoxy) is 1. The van der Waals surface area contributed by atoms with Crippen molar-refractivity contribution in [2.75, 3.05) is 13.7 Å². The van der Waals surface area contributed by atoms with E-state index >= 15 is 0 Å². The lowest BCUT2D eigenvalue weighted by Gasteiger charge is -2.35. The summed E-state index contributed by atoms with van der Waals surface area (Å²) >= 11 is 0. The lowest BCUT2D eigenvalue weighted by Crippen LogP contribution is -2.44. The Labute approximate surface area is 120 Å². The van der Waals surface area contributed by atoms with E-state index in [2.05, 4.69) is 0 Å². The van der Waals surface area contributed by atoms with Crippen molar-refractivity contribution in [3.8, 4) is 5.75 Å². The zero-order chi connectivity index (χ0) is 14.5. The third kappa shape index (κ3) is 3.12. The summed E-state index contributed by atoms with van der Waals surface area (Å²) in [7, 11) is 1.60. The number of para-hydroxylation sites is 1. The summed E-state index contributed by atoms with van der Waals surface area (Å²) in [5, 5.41) is 0. The summed E-state index contributed by atoms with van der Waals surface area (Å²) < 4.78 is 5.30. The van der Waals surface area contributed by atoms with Gasteiger partial charge in [-0.2, -0.15) is 0 Å². The van der Waals surface area contributed by atoms with Crippen LogP contribution in [-0.4, -0.2) is 36.5 Å².